The van der Waals surface area contributed by atoms with E-state index >= 15 is 0 Å². The van der Waals surface area contributed by atoms with Crippen molar-refractivity contribution in [2.24, 2.45) is 10.9 Å². The van der Waals surface area contributed by atoms with Gasteiger partial charge in [-0.3, -0.25) is 4.99 Å². The van der Waals surface area contributed by atoms with E-state index < -0.39 is 0 Å². The number of unbranched alkanes of at least 4 members (excludes halogenated alkanes) is 1. The van der Waals surface area contributed by atoms with Crippen LogP contribution < -0.4 is 5.32 Å². The maximum absolute atomic E-state index is 3.80. The Morgan fingerprint density at radius 2 is 2.13 bits per heavy atom. The second kappa shape index (κ2) is 9.91. The normalized spacial score (nSPS) is 13.9. The first-order valence-corrected chi connectivity index (χ1v) is 6.05. The molecule has 2 heteroatoms. The van der Waals surface area contributed by atoms with Crippen molar-refractivity contribution in [3.63, 3.8) is 0 Å². The Labute approximate surface area is 94.9 Å². The average Bonchev–Trinajstić information content (AvgIpc) is 2.23. The van der Waals surface area contributed by atoms with Crippen molar-refractivity contribution in [1.29, 1.82) is 0 Å². The third-order valence-electron chi connectivity index (χ3n) is 2.74. The van der Waals surface area contributed by atoms with Gasteiger partial charge in [-0.15, -0.1) is 0 Å². The van der Waals surface area contributed by atoms with Crippen molar-refractivity contribution in [2.75, 3.05) is 13.1 Å². The fourth-order valence-electron chi connectivity index (χ4n) is 1.50. The molecule has 0 aliphatic rings. The molecule has 0 aliphatic heterocycles. The van der Waals surface area contributed by atoms with E-state index in [0.29, 0.717) is 5.92 Å². The highest BCUT2D eigenvalue weighted by molar-refractivity contribution is 5.26. The summed E-state index contributed by atoms with van der Waals surface area (Å²) >= 11 is 0. The Morgan fingerprint density at radius 1 is 1.40 bits per heavy atom. The van der Waals surface area contributed by atoms with E-state index in [9.17, 15) is 0 Å². The molecule has 0 aromatic carbocycles. The first-order valence-electron chi connectivity index (χ1n) is 6.05. The minimum atomic E-state index is 0.640. The maximum atomic E-state index is 3.80. The first kappa shape index (κ1) is 14.4. The van der Waals surface area contributed by atoms with Gasteiger partial charge in [-0.2, -0.15) is 0 Å². The summed E-state index contributed by atoms with van der Waals surface area (Å²) in [4.78, 5) is 3.80. The van der Waals surface area contributed by atoms with E-state index in [1.807, 2.05) is 6.20 Å². The molecule has 0 aliphatic carbocycles. The largest absolute Gasteiger partial charge is 0.317 e. The van der Waals surface area contributed by atoms with Crippen LogP contribution in [0.1, 0.15) is 46.5 Å². The number of aliphatic imine (C=N–C) groups is 1. The van der Waals surface area contributed by atoms with E-state index in [4.69, 9.17) is 0 Å². The van der Waals surface area contributed by atoms with Crippen molar-refractivity contribution in [1.82, 2.24) is 5.32 Å². The Bertz CT molecular complexity index is 185. The lowest BCUT2D eigenvalue weighted by Gasteiger charge is -2.11. The highest BCUT2D eigenvalue weighted by Gasteiger charge is 2.03. The number of nitrogens with one attached hydrogen (secondary N) is 1. The predicted molar refractivity (Wildman–Crippen MR) is 69.5 cm³/mol. The maximum Gasteiger partial charge on any atom is 0.0252 e. The minimum absolute atomic E-state index is 0.640. The Balaban J connectivity index is 3.42. The van der Waals surface area contributed by atoms with Crippen molar-refractivity contribution in [2.45, 2.75) is 46.5 Å². The van der Waals surface area contributed by atoms with Gasteiger partial charge in [0.1, 0.15) is 0 Å². The lowest BCUT2D eigenvalue weighted by Crippen LogP contribution is -2.15. The van der Waals surface area contributed by atoms with E-state index in [2.05, 4.69) is 37.8 Å². The van der Waals surface area contributed by atoms with Crippen molar-refractivity contribution >= 4 is 6.72 Å². The monoisotopic (exact) mass is 210 g/mol. The fourth-order valence-corrected chi connectivity index (χ4v) is 1.50. The highest BCUT2D eigenvalue weighted by Crippen LogP contribution is 2.16. The van der Waals surface area contributed by atoms with E-state index in [0.717, 1.165) is 13.1 Å². The zero-order chi connectivity index (χ0) is 11.5. The molecule has 1 unspecified atom stereocenters. The number of hydrogen-bond donors (Lipinski definition) is 1. The van der Waals surface area contributed by atoms with Crippen LogP contribution in [0.5, 0.6) is 0 Å². The van der Waals surface area contributed by atoms with Gasteiger partial charge in [-0.25, -0.2) is 0 Å². The number of rotatable bonds is 9. The molecule has 1 N–H and O–H groups in total. The summed E-state index contributed by atoms with van der Waals surface area (Å²) in [6.07, 6.45) is 6.92. The van der Waals surface area contributed by atoms with Crippen LogP contribution >= 0.6 is 0 Å². The van der Waals surface area contributed by atoms with Gasteiger partial charge in [0.05, 0.1) is 0 Å². The second-order valence-corrected chi connectivity index (χ2v) is 4.20. The standard InChI is InChI=1S/C13H26N2/c1-5-9-15-10-7-6-8-12(2)13(3)11-14-4/h11-12,15H,4-10H2,1-3H3. The molecular weight excluding hydrogens is 184 g/mol. The molecule has 2 nitrogen and oxygen atoms in total. The fraction of sp³-hybridized carbons (Fsp3) is 0.769. The summed E-state index contributed by atoms with van der Waals surface area (Å²) in [7, 11) is 0. The molecule has 0 amide bonds. The van der Waals surface area contributed by atoms with Crippen molar-refractivity contribution in [3.05, 3.63) is 11.8 Å². The van der Waals surface area contributed by atoms with Gasteiger partial charge in [0.25, 0.3) is 0 Å². The van der Waals surface area contributed by atoms with Gasteiger partial charge >= 0.3 is 0 Å². The molecule has 0 heterocycles. The van der Waals surface area contributed by atoms with Crippen LogP contribution in [0, 0.1) is 5.92 Å². The molecule has 1 atom stereocenters. The van der Waals surface area contributed by atoms with Crippen LogP contribution in [0.3, 0.4) is 0 Å². The lowest BCUT2D eigenvalue weighted by atomic mass is 9.97. The molecule has 88 valence electrons. The summed E-state index contributed by atoms with van der Waals surface area (Å²) < 4.78 is 0. The lowest BCUT2D eigenvalue weighted by molar-refractivity contribution is 0.535. The van der Waals surface area contributed by atoms with Crippen LogP contribution in [0.25, 0.3) is 0 Å². The third-order valence-corrected chi connectivity index (χ3v) is 2.74. The summed E-state index contributed by atoms with van der Waals surface area (Å²) in [5.74, 6) is 0.640. The average molecular weight is 210 g/mol. The zero-order valence-electron chi connectivity index (χ0n) is 10.6. The second-order valence-electron chi connectivity index (χ2n) is 4.20. The zero-order valence-corrected chi connectivity index (χ0v) is 10.6. The molecule has 15 heavy (non-hydrogen) atoms. The molecule has 0 aromatic heterocycles. The minimum Gasteiger partial charge on any atom is -0.317 e. The SMILES string of the molecule is C=NC=C(C)C(C)CCCCNCCC. The summed E-state index contributed by atoms with van der Waals surface area (Å²) in [6.45, 7) is 12.4. The molecule has 0 radical (unpaired) electrons. The van der Waals surface area contributed by atoms with Crippen LogP contribution in [0.2, 0.25) is 0 Å². The molecule has 0 aromatic rings. The van der Waals surface area contributed by atoms with Gasteiger partial charge in [-0.05, 0) is 51.9 Å². The third kappa shape index (κ3) is 8.37. The van der Waals surface area contributed by atoms with Gasteiger partial charge in [0, 0.05) is 6.20 Å². The van der Waals surface area contributed by atoms with Crippen molar-refractivity contribution < 1.29 is 0 Å². The smallest absolute Gasteiger partial charge is 0.0252 e. The Hall–Kier alpha value is -0.630. The Morgan fingerprint density at radius 3 is 2.73 bits per heavy atom. The number of allylic oxidation sites excluding steroid dienone is 1. The summed E-state index contributed by atoms with van der Waals surface area (Å²) in [5, 5.41) is 3.42. The molecule has 0 saturated heterocycles. The van der Waals surface area contributed by atoms with Crippen LogP contribution in [0.15, 0.2) is 16.8 Å². The number of hydrogen-bond acceptors (Lipinski definition) is 2. The van der Waals surface area contributed by atoms with Gasteiger partial charge in [-0.1, -0.05) is 25.8 Å². The predicted octanol–water partition coefficient (Wildman–Crippen LogP) is 3.40. The highest BCUT2D eigenvalue weighted by atomic mass is 14.8. The van der Waals surface area contributed by atoms with Crippen LogP contribution in [0.4, 0.5) is 0 Å². The van der Waals surface area contributed by atoms with E-state index in [1.165, 1.54) is 31.3 Å². The van der Waals surface area contributed by atoms with E-state index in [1.54, 1.807) is 0 Å². The molecule has 0 saturated carbocycles. The topological polar surface area (TPSA) is 24.4 Å². The molecule has 0 fully saturated rings. The molecule has 0 bridgehead atoms. The Kier molecular flexibility index (Phi) is 9.49. The molecule has 0 spiro atoms. The number of nitrogens with zero attached hydrogens (tertiary/aromatic N) is 1. The van der Waals surface area contributed by atoms with Crippen molar-refractivity contribution in [3.8, 4) is 0 Å². The quantitative estimate of drug-likeness (QED) is 0.458. The van der Waals surface area contributed by atoms with Gasteiger partial charge in [0.15, 0.2) is 0 Å². The molecule has 0 rings (SSSR count). The first-order chi connectivity index (χ1) is 7.22. The van der Waals surface area contributed by atoms with Crippen LogP contribution in [-0.4, -0.2) is 19.8 Å². The molecular formula is C13H26N2. The van der Waals surface area contributed by atoms with Crippen LogP contribution in [-0.2, 0) is 0 Å². The summed E-state index contributed by atoms with van der Waals surface area (Å²) in [5.41, 5.74) is 1.34. The summed E-state index contributed by atoms with van der Waals surface area (Å²) in [6, 6.07) is 0. The van der Waals surface area contributed by atoms with Gasteiger partial charge < -0.3 is 5.32 Å². The van der Waals surface area contributed by atoms with Gasteiger partial charge in [0.2, 0.25) is 0 Å². The van der Waals surface area contributed by atoms with E-state index in [-0.39, 0.29) is 0 Å².